The van der Waals surface area contributed by atoms with Crippen LogP contribution in [0.25, 0.3) is 0 Å². The number of ether oxygens (including phenoxy) is 2. The van der Waals surface area contributed by atoms with Crippen LogP contribution >= 0.6 is 11.6 Å². The molecule has 0 atom stereocenters. The van der Waals surface area contributed by atoms with Gasteiger partial charge < -0.3 is 9.47 Å². The number of nitrogens with zero attached hydrogens (tertiary/aromatic N) is 2. The Balaban J connectivity index is 2.48. The number of hydrogen-bond acceptors (Lipinski definition) is 4. The lowest BCUT2D eigenvalue weighted by Gasteiger charge is -2.11. The van der Waals surface area contributed by atoms with Gasteiger partial charge in [-0.05, 0) is 25.1 Å². The van der Waals surface area contributed by atoms with Crippen LogP contribution in [0.5, 0.6) is 11.5 Å². The Morgan fingerprint density at radius 2 is 2.10 bits per heavy atom. The number of aromatic nitrogens is 2. The average molecular weight is 295 g/mol. The number of hydrogen-bond donors (Lipinski definition) is 0. The summed E-state index contributed by atoms with van der Waals surface area (Å²) in [5, 5.41) is 4.42. The second-order valence-corrected chi connectivity index (χ2v) is 4.46. The standard InChI is InChI=1S/C14H15ClN2O3/c1-4-17-11(5-6-16-17)13(18)9-7-10(15)14(20-3)12(8-9)19-2/h5-8H,4H2,1-3H3. The van der Waals surface area contributed by atoms with Crippen molar-refractivity contribution in [2.24, 2.45) is 0 Å². The van der Waals surface area contributed by atoms with E-state index in [2.05, 4.69) is 5.10 Å². The maximum Gasteiger partial charge on any atom is 0.211 e. The van der Waals surface area contributed by atoms with Gasteiger partial charge in [0.2, 0.25) is 5.78 Å². The fraction of sp³-hybridized carbons (Fsp3) is 0.286. The maximum atomic E-state index is 12.5. The molecule has 0 saturated carbocycles. The van der Waals surface area contributed by atoms with Crippen molar-refractivity contribution in [1.82, 2.24) is 9.78 Å². The summed E-state index contributed by atoms with van der Waals surface area (Å²) in [4.78, 5) is 12.5. The summed E-state index contributed by atoms with van der Waals surface area (Å²) in [6.07, 6.45) is 1.60. The first kappa shape index (κ1) is 14.4. The third-order valence-corrected chi connectivity index (χ3v) is 3.23. The Labute approximate surface area is 122 Å². The Morgan fingerprint density at radius 3 is 2.70 bits per heavy atom. The van der Waals surface area contributed by atoms with Crippen LogP contribution in [0.4, 0.5) is 0 Å². The van der Waals surface area contributed by atoms with Gasteiger partial charge in [-0.1, -0.05) is 11.6 Å². The molecule has 0 spiro atoms. The normalized spacial score (nSPS) is 10.4. The highest BCUT2D eigenvalue weighted by Gasteiger charge is 2.18. The van der Waals surface area contributed by atoms with Gasteiger partial charge in [-0.2, -0.15) is 5.10 Å². The molecule has 0 aliphatic heterocycles. The van der Waals surface area contributed by atoms with E-state index in [0.717, 1.165) is 0 Å². The zero-order valence-corrected chi connectivity index (χ0v) is 12.3. The van der Waals surface area contributed by atoms with Crippen molar-refractivity contribution >= 4 is 17.4 Å². The first-order valence-electron chi connectivity index (χ1n) is 6.10. The highest BCUT2D eigenvalue weighted by Crippen LogP contribution is 2.36. The van der Waals surface area contributed by atoms with Gasteiger partial charge in [-0.15, -0.1) is 0 Å². The van der Waals surface area contributed by atoms with Crippen LogP contribution in [0.1, 0.15) is 23.0 Å². The zero-order chi connectivity index (χ0) is 14.7. The molecule has 0 bridgehead atoms. The molecule has 106 valence electrons. The first-order chi connectivity index (χ1) is 9.62. The summed E-state index contributed by atoms with van der Waals surface area (Å²) in [7, 11) is 3.00. The van der Waals surface area contributed by atoms with Crippen LogP contribution in [0.15, 0.2) is 24.4 Å². The number of aryl methyl sites for hydroxylation is 1. The van der Waals surface area contributed by atoms with Gasteiger partial charge in [0.1, 0.15) is 5.69 Å². The fourth-order valence-corrected chi connectivity index (χ4v) is 2.26. The molecule has 0 aliphatic carbocycles. The third-order valence-electron chi connectivity index (χ3n) is 2.94. The lowest BCUT2D eigenvalue weighted by atomic mass is 10.1. The summed E-state index contributed by atoms with van der Waals surface area (Å²) in [6, 6.07) is 4.86. The van der Waals surface area contributed by atoms with E-state index in [-0.39, 0.29) is 5.78 Å². The number of ketones is 1. The summed E-state index contributed by atoms with van der Waals surface area (Å²) < 4.78 is 12.0. The molecule has 0 saturated heterocycles. The third kappa shape index (κ3) is 2.49. The van der Waals surface area contributed by atoms with Crippen molar-refractivity contribution in [3.05, 3.63) is 40.7 Å². The molecule has 0 radical (unpaired) electrons. The van der Waals surface area contributed by atoms with Crippen molar-refractivity contribution in [2.45, 2.75) is 13.5 Å². The van der Waals surface area contributed by atoms with Gasteiger partial charge in [0.25, 0.3) is 0 Å². The van der Waals surface area contributed by atoms with E-state index < -0.39 is 0 Å². The van der Waals surface area contributed by atoms with Crippen molar-refractivity contribution in [1.29, 1.82) is 0 Å². The second-order valence-electron chi connectivity index (χ2n) is 4.05. The molecule has 0 N–H and O–H groups in total. The number of halogens is 1. The minimum absolute atomic E-state index is 0.160. The largest absolute Gasteiger partial charge is 0.493 e. The fourth-order valence-electron chi connectivity index (χ4n) is 1.97. The summed E-state index contributed by atoms with van der Waals surface area (Å²) in [5.41, 5.74) is 0.943. The number of rotatable bonds is 5. The minimum Gasteiger partial charge on any atom is -0.493 e. The number of carbonyl (C=O) groups is 1. The second kappa shape index (κ2) is 5.96. The van der Waals surface area contributed by atoms with Gasteiger partial charge in [0, 0.05) is 18.3 Å². The van der Waals surface area contributed by atoms with Gasteiger partial charge in [0.15, 0.2) is 11.5 Å². The molecule has 2 rings (SSSR count). The number of methoxy groups -OCH3 is 2. The van der Waals surface area contributed by atoms with Crippen LogP contribution in [0.3, 0.4) is 0 Å². The van der Waals surface area contributed by atoms with Crippen LogP contribution in [0.2, 0.25) is 5.02 Å². The predicted molar refractivity (Wildman–Crippen MR) is 75.9 cm³/mol. The number of carbonyl (C=O) groups excluding carboxylic acids is 1. The van der Waals surface area contributed by atoms with Gasteiger partial charge in [-0.3, -0.25) is 9.48 Å². The average Bonchev–Trinajstić information content (AvgIpc) is 2.93. The van der Waals surface area contributed by atoms with E-state index >= 15 is 0 Å². The molecule has 1 heterocycles. The van der Waals surface area contributed by atoms with Gasteiger partial charge in [0.05, 0.1) is 19.2 Å². The molecule has 0 aliphatic rings. The molecule has 1 aromatic carbocycles. The molecule has 0 amide bonds. The smallest absolute Gasteiger partial charge is 0.211 e. The van der Waals surface area contributed by atoms with Crippen LogP contribution in [0, 0.1) is 0 Å². The lowest BCUT2D eigenvalue weighted by Crippen LogP contribution is -2.11. The van der Waals surface area contributed by atoms with Crippen molar-refractivity contribution in [3.8, 4) is 11.5 Å². The van der Waals surface area contributed by atoms with Crippen LogP contribution in [-0.4, -0.2) is 29.8 Å². The Morgan fingerprint density at radius 1 is 1.35 bits per heavy atom. The first-order valence-corrected chi connectivity index (χ1v) is 6.48. The van der Waals surface area contributed by atoms with Crippen molar-refractivity contribution < 1.29 is 14.3 Å². The molecular formula is C14H15ClN2O3. The molecular weight excluding hydrogens is 280 g/mol. The Hall–Kier alpha value is -2.01. The molecule has 0 fully saturated rings. The van der Waals surface area contributed by atoms with E-state index in [1.807, 2.05) is 6.92 Å². The quantitative estimate of drug-likeness (QED) is 0.796. The number of benzene rings is 1. The topological polar surface area (TPSA) is 53.4 Å². The Kier molecular flexibility index (Phi) is 4.29. The predicted octanol–water partition coefficient (Wildman–Crippen LogP) is 2.80. The molecule has 6 heteroatoms. The van der Waals surface area contributed by atoms with Gasteiger partial charge in [-0.25, -0.2) is 0 Å². The van der Waals surface area contributed by atoms with Crippen LogP contribution < -0.4 is 9.47 Å². The van der Waals surface area contributed by atoms with E-state index in [0.29, 0.717) is 34.3 Å². The van der Waals surface area contributed by atoms with E-state index in [9.17, 15) is 4.79 Å². The monoisotopic (exact) mass is 294 g/mol. The van der Waals surface area contributed by atoms with E-state index in [4.69, 9.17) is 21.1 Å². The highest BCUT2D eigenvalue weighted by atomic mass is 35.5. The molecule has 5 nitrogen and oxygen atoms in total. The molecule has 20 heavy (non-hydrogen) atoms. The summed E-state index contributed by atoms with van der Waals surface area (Å²) in [6.45, 7) is 2.54. The SMILES string of the molecule is CCn1nccc1C(=O)c1cc(Cl)c(OC)c(OC)c1. The maximum absolute atomic E-state index is 12.5. The van der Waals surface area contributed by atoms with E-state index in [1.54, 1.807) is 29.1 Å². The molecule has 0 unspecified atom stereocenters. The highest BCUT2D eigenvalue weighted by molar-refractivity contribution is 6.33. The lowest BCUT2D eigenvalue weighted by molar-refractivity contribution is 0.102. The van der Waals surface area contributed by atoms with Crippen molar-refractivity contribution in [3.63, 3.8) is 0 Å². The van der Waals surface area contributed by atoms with Gasteiger partial charge >= 0.3 is 0 Å². The van der Waals surface area contributed by atoms with E-state index in [1.165, 1.54) is 14.2 Å². The van der Waals surface area contributed by atoms with Crippen molar-refractivity contribution in [2.75, 3.05) is 14.2 Å². The molecule has 1 aromatic heterocycles. The minimum atomic E-state index is -0.160. The molecule has 2 aromatic rings. The summed E-state index contributed by atoms with van der Waals surface area (Å²) in [5.74, 6) is 0.674. The van der Waals surface area contributed by atoms with Crippen LogP contribution in [-0.2, 0) is 6.54 Å². The summed E-state index contributed by atoms with van der Waals surface area (Å²) >= 11 is 6.11. The zero-order valence-electron chi connectivity index (χ0n) is 11.5. The Bertz CT molecular complexity index is 637.